The number of aliphatic hydroxyl groups is 1. The Kier molecular flexibility index (Phi) is 4.67. The first-order valence-corrected chi connectivity index (χ1v) is 6.81. The molecule has 0 bridgehead atoms. The van der Waals surface area contributed by atoms with Gasteiger partial charge in [-0.25, -0.2) is 4.39 Å². The fourth-order valence-corrected chi connectivity index (χ4v) is 2.85. The number of halogens is 1. The van der Waals surface area contributed by atoms with Crippen LogP contribution >= 0.6 is 0 Å². The molecule has 1 aliphatic carbocycles. The maximum absolute atomic E-state index is 13.2. The Bertz CT molecular complexity index is 487. The second-order valence-corrected chi connectivity index (χ2v) is 5.50. The minimum absolute atomic E-state index is 0.0802. The largest absolute Gasteiger partial charge is 0.396 e. The van der Waals surface area contributed by atoms with Crippen molar-refractivity contribution >= 4 is 5.69 Å². The smallest absolute Gasteiger partial charge is 0.274 e. The van der Waals surface area contributed by atoms with Gasteiger partial charge < -0.3 is 10.4 Å². The van der Waals surface area contributed by atoms with Gasteiger partial charge in [-0.2, -0.15) is 0 Å². The lowest BCUT2D eigenvalue weighted by Gasteiger charge is -2.26. The molecule has 110 valence electrons. The van der Waals surface area contributed by atoms with Gasteiger partial charge in [-0.05, 0) is 25.0 Å². The van der Waals surface area contributed by atoms with E-state index in [-0.39, 0.29) is 24.3 Å². The van der Waals surface area contributed by atoms with Crippen molar-refractivity contribution in [3.63, 3.8) is 0 Å². The highest BCUT2D eigenvalue weighted by Crippen LogP contribution is 2.37. The molecule has 0 heterocycles. The van der Waals surface area contributed by atoms with Crippen LogP contribution < -0.4 is 5.32 Å². The zero-order chi connectivity index (χ0) is 14.6. The molecule has 1 aromatic carbocycles. The van der Waals surface area contributed by atoms with Crippen LogP contribution in [0.4, 0.5) is 10.1 Å². The fraction of sp³-hybridized carbons (Fsp3) is 0.571. The van der Waals surface area contributed by atoms with Gasteiger partial charge in [-0.3, -0.25) is 10.1 Å². The summed E-state index contributed by atoms with van der Waals surface area (Å²) in [7, 11) is 0. The highest BCUT2D eigenvalue weighted by molar-refractivity contribution is 5.40. The Morgan fingerprint density at radius 2 is 2.10 bits per heavy atom. The number of nitrogens with zero attached hydrogens (tertiary/aromatic N) is 1. The number of hydrogen-bond acceptors (Lipinski definition) is 4. The average molecular weight is 282 g/mol. The van der Waals surface area contributed by atoms with Crippen molar-refractivity contribution in [3.8, 4) is 0 Å². The summed E-state index contributed by atoms with van der Waals surface area (Å²) in [6.07, 6.45) is 4.12. The lowest BCUT2D eigenvalue weighted by Crippen LogP contribution is -2.34. The summed E-state index contributed by atoms with van der Waals surface area (Å²) in [4.78, 5) is 10.4. The molecule has 0 atom stereocenters. The number of nitro benzene ring substituents is 1. The molecule has 0 unspecified atom stereocenters. The van der Waals surface area contributed by atoms with E-state index in [2.05, 4.69) is 5.32 Å². The molecule has 1 fully saturated rings. The maximum Gasteiger partial charge on any atom is 0.274 e. The Morgan fingerprint density at radius 3 is 2.70 bits per heavy atom. The van der Waals surface area contributed by atoms with Gasteiger partial charge in [0.25, 0.3) is 5.69 Å². The molecule has 5 nitrogen and oxygen atoms in total. The van der Waals surface area contributed by atoms with Gasteiger partial charge in [-0.15, -0.1) is 0 Å². The number of rotatable bonds is 6. The minimum atomic E-state index is -0.506. The van der Waals surface area contributed by atoms with Gasteiger partial charge in [-0.1, -0.05) is 12.8 Å². The molecule has 1 aliphatic rings. The van der Waals surface area contributed by atoms with Crippen LogP contribution in [0.15, 0.2) is 18.2 Å². The zero-order valence-electron chi connectivity index (χ0n) is 11.3. The van der Waals surface area contributed by atoms with Crippen molar-refractivity contribution < 1.29 is 14.4 Å². The molecule has 0 saturated heterocycles. The summed E-state index contributed by atoms with van der Waals surface area (Å²) in [5, 5.41) is 23.5. The predicted octanol–water partition coefficient (Wildman–Crippen LogP) is 2.38. The van der Waals surface area contributed by atoms with E-state index in [4.69, 9.17) is 0 Å². The summed E-state index contributed by atoms with van der Waals surface area (Å²) in [6.45, 7) is 0.943. The summed E-state index contributed by atoms with van der Waals surface area (Å²) in [5.41, 5.74) is 0.131. The van der Waals surface area contributed by atoms with Crippen molar-refractivity contribution in [2.75, 3.05) is 13.2 Å². The second kappa shape index (κ2) is 6.28. The van der Waals surface area contributed by atoms with E-state index in [9.17, 15) is 19.6 Å². The van der Waals surface area contributed by atoms with Crippen molar-refractivity contribution in [3.05, 3.63) is 39.7 Å². The molecule has 20 heavy (non-hydrogen) atoms. The van der Waals surface area contributed by atoms with Crippen LogP contribution in [0.2, 0.25) is 0 Å². The third kappa shape index (κ3) is 3.32. The highest BCUT2D eigenvalue weighted by atomic mass is 19.1. The number of nitro groups is 1. The Morgan fingerprint density at radius 1 is 1.40 bits per heavy atom. The third-order valence-electron chi connectivity index (χ3n) is 4.05. The van der Waals surface area contributed by atoms with Gasteiger partial charge in [0.2, 0.25) is 0 Å². The lowest BCUT2D eigenvalue weighted by atomic mass is 9.87. The highest BCUT2D eigenvalue weighted by Gasteiger charge is 2.32. The summed E-state index contributed by atoms with van der Waals surface area (Å²) < 4.78 is 13.2. The number of nitrogens with one attached hydrogen (secondary N) is 1. The minimum Gasteiger partial charge on any atom is -0.396 e. The first kappa shape index (κ1) is 14.9. The van der Waals surface area contributed by atoms with Crippen LogP contribution in [-0.4, -0.2) is 23.2 Å². The normalized spacial score (nSPS) is 17.3. The lowest BCUT2D eigenvalue weighted by molar-refractivity contribution is -0.385. The summed E-state index contributed by atoms with van der Waals surface area (Å²) >= 11 is 0. The molecule has 0 spiro atoms. The van der Waals surface area contributed by atoms with Gasteiger partial charge in [0.15, 0.2) is 0 Å². The van der Waals surface area contributed by atoms with E-state index < -0.39 is 10.7 Å². The standard InChI is InChI=1S/C14H19FN2O3/c15-12-3-4-13(17(19)20)11(7-12)8-16-9-14(10-18)5-1-2-6-14/h3-4,7,16,18H,1-2,5-6,8-10H2. The van der Waals surface area contributed by atoms with Gasteiger partial charge in [0.05, 0.1) is 4.92 Å². The van der Waals surface area contributed by atoms with Gasteiger partial charge in [0.1, 0.15) is 5.82 Å². The van der Waals surface area contributed by atoms with E-state index in [1.165, 1.54) is 12.1 Å². The first-order chi connectivity index (χ1) is 9.56. The van der Waals surface area contributed by atoms with Crippen LogP contribution in [0.1, 0.15) is 31.2 Å². The zero-order valence-corrected chi connectivity index (χ0v) is 11.3. The molecule has 6 heteroatoms. The number of aliphatic hydroxyl groups excluding tert-OH is 1. The quantitative estimate of drug-likeness (QED) is 0.620. The molecule has 0 aliphatic heterocycles. The van der Waals surface area contributed by atoms with Crippen LogP contribution in [0, 0.1) is 21.3 Å². The van der Waals surface area contributed by atoms with Crippen molar-refractivity contribution in [2.45, 2.75) is 32.2 Å². The fourth-order valence-electron chi connectivity index (χ4n) is 2.85. The predicted molar refractivity (Wildman–Crippen MR) is 72.7 cm³/mol. The number of hydrogen-bond donors (Lipinski definition) is 2. The molecule has 1 saturated carbocycles. The second-order valence-electron chi connectivity index (χ2n) is 5.50. The first-order valence-electron chi connectivity index (χ1n) is 6.81. The molecular formula is C14H19FN2O3. The molecule has 0 aromatic heterocycles. The molecule has 1 aromatic rings. The van der Waals surface area contributed by atoms with Crippen LogP contribution in [0.25, 0.3) is 0 Å². The molecular weight excluding hydrogens is 263 g/mol. The van der Waals surface area contributed by atoms with Crippen LogP contribution in [0.3, 0.4) is 0 Å². The van der Waals surface area contributed by atoms with E-state index >= 15 is 0 Å². The maximum atomic E-state index is 13.2. The molecule has 0 radical (unpaired) electrons. The summed E-state index contributed by atoms with van der Waals surface area (Å²) in [6, 6.07) is 3.46. The Labute approximate surface area is 117 Å². The van der Waals surface area contributed by atoms with Crippen molar-refractivity contribution in [1.29, 1.82) is 0 Å². The van der Waals surface area contributed by atoms with E-state index in [1.807, 2.05) is 0 Å². The van der Waals surface area contributed by atoms with E-state index in [1.54, 1.807) is 0 Å². The molecule has 0 amide bonds. The monoisotopic (exact) mass is 282 g/mol. The van der Waals surface area contributed by atoms with E-state index in [0.717, 1.165) is 31.7 Å². The Hall–Kier alpha value is -1.53. The third-order valence-corrected chi connectivity index (χ3v) is 4.05. The number of benzene rings is 1. The van der Waals surface area contributed by atoms with Gasteiger partial charge >= 0.3 is 0 Å². The summed E-state index contributed by atoms with van der Waals surface area (Å²) in [5.74, 6) is -0.481. The SMILES string of the molecule is O=[N+]([O-])c1ccc(F)cc1CNCC1(CO)CCCC1. The molecule has 2 N–H and O–H groups in total. The average Bonchev–Trinajstić information content (AvgIpc) is 2.88. The van der Waals surface area contributed by atoms with Crippen molar-refractivity contribution in [2.24, 2.45) is 5.41 Å². The van der Waals surface area contributed by atoms with Crippen LogP contribution in [-0.2, 0) is 6.54 Å². The van der Waals surface area contributed by atoms with E-state index in [0.29, 0.717) is 12.1 Å². The van der Waals surface area contributed by atoms with Crippen molar-refractivity contribution in [1.82, 2.24) is 5.32 Å². The molecule has 2 rings (SSSR count). The van der Waals surface area contributed by atoms with Gasteiger partial charge in [0, 0.05) is 36.7 Å². The Balaban J connectivity index is 2.00. The topological polar surface area (TPSA) is 75.4 Å². The van der Waals surface area contributed by atoms with Crippen LogP contribution in [0.5, 0.6) is 0 Å².